The average Bonchev–Trinajstić information content (AvgIpc) is 2.36. The number of esters is 1. The summed E-state index contributed by atoms with van der Waals surface area (Å²) < 4.78 is 9.73. The number of methoxy groups -OCH3 is 1. The molecule has 1 unspecified atom stereocenters. The SMILES string of the molecule is COC(=O)C(C)(O)CNC1(CO)CCOCC1. The van der Waals surface area contributed by atoms with Gasteiger partial charge in [-0.25, -0.2) is 4.79 Å². The number of carbonyl (C=O) groups excluding carboxylic acids is 1. The lowest BCUT2D eigenvalue weighted by molar-refractivity contribution is -0.160. The van der Waals surface area contributed by atoms with Crippen molar-refractivity contribution in [1.82, 2.24) is 5.32 Å². The number of aliphatic hydroxyl groups excluding tert-OH is 1. The van der Waals surface area contributed by atoms with Gasteiger partial charge in [0.1, 0.15) is 0 Å². The van der Waals surface area contributed by atoms with E-state index in [4.69, 9.17) is 4.74 Å². The summed E-state index contributed by atoms with van der Waals surface area (Å²) in [6, 6.07) is 0. The van der Waals surface area contributed by atoms with Crippen LogP contribution in [0.1, 0.15) is 19.8 Å². The Morgan fingerprint density at radius 3 is 2.59 bits per heavy atom. The predicted molar refractivity (Wildman–Crippen MR) is 60.5 cm³/mol. The topological polar surface area (TPSA) is 88.0 Å². The van der Waals surface area contributed by atoms with Gasteiger partial charge in [-0.05, 0) is 19.8 Å². The lowest BCUT2D eigenvalue weighted by Crippen LogP contribution is -2.58. The van der Waals surface area contributed by atoms with Crippen LogP contribution in [0.3, 0.4) is 0 Å². The van der Waals surface area contributed by atoms with Crippen LogP contribution in [0.5, 0.6) is 0 Å². The standard InChI is InChI=1S/C11H21NO5/c1-10(15,9(14)16-2)7-12-11(8-13)3-5-17-6-4-11/h12-13,15H,3-8H2,1-2H3. The Balaban J connectivity index is 2.55. The van der Waals surface area contributed by atoms with Crippen LogP contribution in [0.15, 0.2) is 0 Å². The first-order valence-electron chi connectivity index (χ1n) is 5.70. The number of nitrogens with one attached hydrogen (secondary N) is 1. The van der Waals surface area contributed by atoms with Crippen molar-refractivity contribution in [2.24, 2.45) is 0 Å². The Morgan fingerprint density at radius 1 is 1.53 bits per heavy atom. The first-order chi connectivity index (χ1) is 7.96. The van der Waals surface area contributed by atoms with Crippen molar-refractivity contribution in [2.75, 3.05) is 33.5 Å². The third kappa shape index (κ3) is 3.64. The molecule has 0 aromatic heterocycles. The monoisotopic (exact) mass is 247 g/mol. The van der Waals surface area contributed by atoms with Gasteiger partial charge in [-0.15, -0.1) is 0 Å². The van der Waals surface area contributed by atoms with Gasteiger partial charge in [0, 0.05) is 25.3 Å². The minimum Gasteiger partial charge on any atom is -0.467 e. The summed E-state index contributed by atoms with van der Waals surface area (Å²) in [4.78, 5) is 11.3. The number of β-amino-alcohol motifs (C(OH)–C–C–N with tert-alkyl or cyclic N) is 1. The van der Waals surface area contributed by atoms with Gasteiger partial charge in [0.05, 0.1) is 13.7 Å². The number of hydrogen-bond donors (Lipinski definition) is 3. The predicted octanol–water partition coefficient (Wildman–Crippen LogP) is -0.958. The molecular formula is C11H21NO5. The Kier molecular flexibility index (Phi) is 4.88. The van der Waals surface area contributed by atoms with Gasteiger partial charge in [0.2, 0.25) is 0 Å². The maximum Gasteiger partial charge on any atom is 0.338 e. The van der Waals surface area contributed by atoms with Crippen LogP contribution in [0.2, 0.25) is 0 Å². The van der Waals surface area contributed by atoms with E-state index in [0.717, 1.165) is 0 Å². The van der Waals surface area contributed by atoms with Gasteiger partial charge < -0.3 is 25.0 Å². The molecule has 17 heavy (non-hydrogen) atoms. The van der Waals surface area contributed by atoms with Crippen LogP contribution in [0.25, 0.3) is 0 Å². The molecule has 100 valence electrons. The molecule has 6 heteroatoms. The van der Waals surface area contributed by atoms with E-state index in [-0.39, 0.29) is 13.2 Å². The molecule has 1 heterocycles. The molecule has 1 fully saturated rings. The van der Waals surface area contributed by atoms with Gasteiger partial charge in [-0.3, -0.25) is 0 Å². The van der Waals surface area contributed by atoms with E-state index in [1.54, 1.807) is 0 Å². The van der Waals surface area contributed by atoms with Gasteiger partial charge in [0.25, 0.3) is 0 Å². The van der Waals surface area contributed by atoms with Crippen molar-refractivity contribution in [3.05, 3.63) is 0 Å². The highest BCUT2D eigenvalue weighted by Gasteiger charge is 2.37. The molecule has 0 spiro atoms. The third-order valence-electron chi connectivity index (χ3n) is 3.19. The summed E-state index contributed by atoms with van der Waals surface area (Å²) in [7, 11) is 1.23. The lowest BCUT2D eigenvalue weighted by Gasteiger charge is -2.38. The van der Waals surface area contributed by atoms with E-state index in [0.29, 0.717) is 26.1 Å². The van der Waals surface area contributed by atoms with Gasteiger partial charge in [-0.2, -0.15) is 0 Å². The quantitative estimate of drug-likeness (QED) is 0.542. The van der Waals surface area contributed by atoms with E-state index in [2.05, 4.69) is 10.1 Å². The molecule has 1 aliphatic heterocycles. The Bertz CT molecular complexity index is 261. The Labute approximate surface area is 101 Å². The molecule has 0 saturated carbocycles. The van der Waals surface area contributed by atoms with Crippen LogP contribution >= 0.6 is 0 Å². The highest BCUT2D eigenvalue weighted by atomic mass is 16.5. The molecule has 0 amide bonds. The van der Waals surface area contributed by atoms with E-state index in [1.807, 2.05) is 0 Å². The number of carbonyl (C=O) groups is 1. The van der Waals surface area contributed by atoms with E-state index in [9.17, 15) is 15.0 Å². The fourth-order valence-electron chi connectivity index (χ4n) is 1.80. The van der Waals surface area contributed by atoms with Crippen LogP contribution in [-0.2, 0) is 14.3 Å². The molecule has 0 aromatic rings. The Morgan fingerprint density at radius 2 is 2.12 bits per heavy atom. The summed E-state index contributed by atoms with van der Waals surface area (Å²) in [5, 5.41) is 22.4. The van der Waals surface area contributed by atoms with Crippen molar-refractivity contribution >= 4 is 5.97 Å². The van der Waals surface area contributed by atoms with Crippen molar-refractivity contribution < 1.29 is 24.5 Å². The van der Waals surface area contributed by atoms with Gasteiger partial charge in [0.15, 0.2) is 5.60 Å². The van der Waals surface area contributed by atoms with Gasteiger partial charge >= 0.3 is 5.97 Å². The molecule has 1 rings (SSSR count). The highest BCUT2D eigenvalue weighted by Crippen LogP contribution is 2.20. The van der Waals surface area contributed by atoms with E-state index >= 15 is 0 Å². The lowest BCUT2D eigenvalue weighted by atomic mass is 9.90. The zero-order chi connectivity index (χ0) is 12.9. The number of hydrogen-bond acceptors (Lipinski definition) is 6. The maximum absolute atomic E-state index is 11.3. The smallest absolute Gasteiger partial charge is 0.338 e. The largest absolute Gasteiger partial charge is 0.467 e. The average molecular weight is 247 g/mol. The first-order valence-corrected chi connectivity index (χ1v) is 5.70. The summed E-state index contributed by atoms with van der Waals surface area (Å²) in [6.07, 6.45) is 1.31. The molecule has 6 nitrogen and oxygen atoms in total. The third-order valence-corrected chi connectivity index (χ3v) is 3.19. The fraction of sp³-hybridized carbons (Fsp3) is 0.909. The molecule has 3 N–H and O–H groups in total. The number of ether oxygens (including phenoxy) is 2. The highest BCUT2D eigenvalue weighted by molar-refractivity contribution is 5.78. The molecule has 0 aromatic carbocycles. The second kappa shape index (κ2) is 5.77. The Hall–Kier alpha value is -0.690. The van der Waals surface area contributed by atoms with Crippen molar-refractivity contribution in [3.8, 4) is 0 Å². The molecule has 1 aliphatic rings. The van der Waals surface area contributed by atoms with E-state index < -0.39 is 17.1 Å². The molecular weight excluding hydrogens is 226 g/mol. The summed E-state index contributed by atoms with van der Waals surface area (Å²) in [5.41, 5.74) is -2.06. The normalized spacial score (nSPS) is 22.8. The first kappa shape index (κ1) is 14.4. The van der Waals surface area contributed by atoms with Crippen LogP contribution in [-0.4, -0.2) is 60.8 Å². The zero-order valence-electron chi connectivity index (χ0n) is 10.4. The van der Waals surface area contributed by atoms with Gasteiger partial charge in [-0.1, -0.05) is 0 Å². The summed E-state index contributed by atoms with van der Waals surface area (Å²) >= 11 is 0. The van der Waals surface area contributed by atoms with Crippen LogP contribution < -0.4 is 5.32 Å². The summed E-state index contributed by atoms with van der Waals surface area (Å²) in [5.74, 6) is -0.690. The van der Waals surface area contributed by atoms with E-state index in [1.165, 1.54) is 14.0 Å². The molecule has 1 atom stereocenters. The molecule has 0 aliphatic carbocycles. The second-order valence-corrected chi connectivity index (χ2v) is 4.67. The minimum atomic E-state index is -1.59. The second-order valence-electron chi connectivity index (χ2n) is 4.67. The molecule has 1 saturated heterocycles. The maximum atomic E-state index is 11.3. The van der Waals surface area contributed by atoms with Crippen LogP contribution in [0.4, 0.5) is 0 Å². The van der Waals surface area contributed by atoms with Crippen molar-refractivity contribution in [1.29, 1.82) is 0 Å². The van der Waals surface area contributed by atoms with Crippen molar-refractivity contribution in [2.45, 2.75) is 30.9 Å². The molecule has 0 bridgehead atoms. The van der Waals surface area contributed by atoms with Crippen LogP contribution in [0, 0.1) is 0 Å². The minimum absolute atomic E-state index is 0.0419. The van der Waals surface area contributed by atoms with Crippen molar-refractivity contribution in [3.63, 3.8) is 0 Å². The summed E-state index contributed by atoms with van der Waals surface area (Å²) in [6.45, 7) is 2.51. The number of rotatable bonds is 5. The molecule has 0 radical (unpaired) electrons. The number of aliphatic hydroxyl groups is 2. The fourth-order valence-corrected chi connectivity index (χ4v) is 1.80. The zero-order valence-corrected chi connectivity index (χ0v) is 10.4.